The van der Waals surface area contributed by atoms with Gasteiger partial charge in [0.15, 0.2) is 22.5 Å². The zero-order valence-electron chi connectivity index (χ0n) is 18.0. The third-order valence-corrected chi connectivity index (χ3v) is 5.62. The lowest BCUT2D eigenvalue weighted by Crippen LogP contribution is -2.24. The van der Waals surface area contributed by atoms with Crippen LogP contribution in [0.4, 0.5) is 0 Å². The molecule has 1 N–H and O–H groups in total. The first-order valence-electron chi connectivity index (χ1n) is 9.77. The molecule has 0 atom stereocenters. The molecule has 3 rings (SSSR count). The smallest absolute Gasteiger partial charge is 0.230 e. The van der Waals surface area contributed by atoms with Crippen molar-refractivity contribution >= 4 is 17.7 Å². The lowest BCUT2D eigenvalue weighted by molar-refractivity contribution is -0.118. The van der Waals surface area contributed by atoms with Gasteiger partial charge in [0.25, 0.3) is 0 Å². The summed E-state index contributed by atoms with van der Waals surface area (Å²) >= 11 is 1.36. The van der Waals surface area contributed by atoms with Crippen LogP contribution in [0.2, 0.25) is 0 Å². The Bertz CT molecular complexity index is 1020. The highest BCUT2D eigenvalue weighted by Crippen LogP contribution is 2.28. The average molecular weight is 443 g/mol. The molecule has 9 heteroatoms. The second-order valence-corrected chi connectivity index (χ2v) is 7.48. The van der Waals surface area contributed by atoms with E-state index in [4.69, 9.17) is 14.2 Å². The molecular formula is C22H26N4O4S. The number of nitrogens with zero attached hydrogens (tertiary/aromatic N) is 3. The summed E-state index contributed by atoms with van der Waals surface area (Å²) in [5.74, 6) is 2.99. The monoisotopic (exact) mass is 442 g/mol. The van der Waals surface area contributed by atoms with E-state index in [1.54, 1.807) is 21.3 Å². The fourth-order valence-electron chi connectivity index (χ4n) is 3.01. The van der Waals surface area contributed by atoms with E-state index in [0.717, 1.165) is 22.7 Å². The van der Waals surface area contributed by atoms with Gasteiger partial charge in [-0.05, 0) is 48.9 Å². The molecule has 0 unspecified atom stereocenters. The lowest BCUT2D eigenvalue weighted by atomic mass is 10.2. The van der Waals surface area contributed by atoms with Crippen LogP contribution in [0, 0.1) is 0 Å². The minimum Gasteiger partial charge on any atom is -0.497 e. The van der Waals surface area contributed by atoms with Crippen molar-refractivity contribution in [2.75, 3.05) is 27.1 Å². The molecule has 0 saturated carbocycles. The third kappa shape index (κ3) is 5.49. The van der Waals surface area contributed by atoms with Gasteiger partial charge < -0.3 is 24.1 Å². The zero-order valence-corrected chi connectivity index (χ0v) is 18.9. The van der Waals surface area contributed by atoms with E-state index in [1.807, 2.05) is 54.0 Å². The van der Waals surface area contributed by atoms with Crippen LogP contribution in [0.5, 0.6) is 17.2 Å². The Morgan fingerprint density at radius 1 is 1.00 bits per heavy atom. The number of hydrogen-bond donors (Lipinski definition) is 1. The van der Waals surface area contributed by atoms with Gasteiger partial charge in [0.2, 0.25) is 5.91 Å². The number of ether oxygens (including phenoxy) is 3. The lowest BCUT2D eigenvalue weighted by Gasteiger charge is -2.10. The summed E-state index contributed by atoms with van der Waals surface area (Å²) in [6.45, 7) is 3.12. The standard InChI is InChI=1S/C22H26N4O4S/c1-5-26-21(16-7-9-17(28-2)10-8-16)24-25-22(26)31-14-20(27)23-13-15-6-11-18(29-3)19(12-15)30-4/h6-12H,5,13-14H2,1-4H3,(H,23,27). The van der Waals surface area contributed by atoms with Gasteiger partial charge in [-0.15, -0.1) is 10.2 Å². The van der Waals surface area contributed by atoms with Crippen molar-refractivity contribution in [3.05, 3.63) is 48.0 Å². The van der Waals surface area contributed by atoms with Crippen LogP contribution in [-0.2, 0) is 17.9 Å². The van der Waals surface area contributed by atoms with Crippen LogP contribution in [0.1, 0.15) is 12.5 Å². The van der Waals surface area contributed by atoms with Crippen LogP contribution >= 0.6 is 11.8 Å². The maximum Gasteiger partial charge on any atom is 0.230 e. The molecule has 0 bridgehead atoms. The fraction of sp³-hybridized carbons (Fsp3) is 0.318. The van der Waals surface area contributed by atoms with E-state index in [-0.39, 0.29) is 11.7 Å². The number of rotatable bonds is 10. The highest BCUT2D eigenvalue weighted by atomic mass is 32.2. The number of aromatic nitrogens is 3. The van der Waals surface area contributed by atoms with Gasteiger partial charge in [0, 0.05) is 18.7 Å². The molecule has 1 aromatic heterocycles. The summed E-state index contributed by atoms with van der Waals surface area (Å²) in [7, 11) is 4.81. The SMILES string of the molecule is CCn1c(SCC(=O)NCc2ccc(OC)c(OC)c2)nnc1-c1ccc(OC)cc1. The van der Waals surface area contributed by atoms with Crippen molar-refractivity contribution in [1.29, 1.82) is 0 Å². The third-order valence-electron chi connectivity index (χ3n) is 4.65. The maximum absolute atomic E-state index is 12.4. The summed E-state index contributed by atoms with van der Waals surface area (Å²) in [5, 5.41) is 12.2. The number of hydrogen-bond acceptors (Lipinski definition) is 7. The van der Waals surface area contributed by atoms with Crippen molar-refractivity contribution in [1.82, 2.24) is 20.1 Å². The summed E-state index contributed by atoms with van der Waals surface area (Å²) < 4.78 is 17.7. The van der Waals surface area contributed by atoms with E-state index in [2.05, 4.69) is 15.5 Å². The van der Waals surface area contributed by atoms with Crippen molar-refractivity contribution < 1.29 is 19.0 Å². The Morgan fingerprint density at radius 3 is 2.39 bits per heavy atom. The first-order valence-corrected chi connectivity index (χ1v) is 10.8. The van der Waals surface area contributed by atoms with E-state index >= 15 is 0 Å². The fourth-order valence-corrected chi connectivity index (χ4v) is 3.84. The number of carbonyl (C=O) groups excluding carboxylic acids is 1. The Balaban J connectivity index is 1.59. The molecule has 0 aliphatic rings. The molecule has 1 heterocycles. The highest BCUT2D eigenvalue weighted by molar-refractivity contribution is 7.99. The predicted octanol–water partition coefficient (Wildman–Crippen LogP) is 3.40. The first-order chi connectivity index (χ1) is 15.1. The quantitative estimate of drug-likeness (QED) is 0.482. The van der Waals surface area contributed by atoms with Crippen molar-refractivity contribution in [3.63, 3.8) is 0 Å². The number of methoxy groups -OCH3 is 3. The molecule has 2 aromatic carbocycles. The number of amides is 1. The number of carbonyl (C=O) groups is 1. The number of nitrogens with one attached hydrogen (secondary N) is 1. The Kier molecular flexibility index (Phi) is 7.77. The molecule has 8 nitrogen and oxygen atoms in total. The Morgan fingerprint density at radius 2 is 1.74 bits per heavy atom. The summed E-state index contributed by atoms with van der Waals surface area (Å²) in [6.07, 6.45) is 0. The topological polar surface area (TPSA) is 87.5 Å². The molecule has 31 heavy (non-hydrogen) atoms. The normalized spacial score (nSPS) is 10.6. The van der Waals surface area contributed by atoms with Gasteiger partial charge >= 0.3 is 0 Å². The molecule has 0 aliphatic carbocycles. The van der Waals surface area contributed by atoms with Crippen LogP contribution < -0.4 is 19.5 Å². The van der Waals surface area contributed by atoms with E-state index in [1.165, 1.54) is 11.8 Å². The Labute approximate surface area is 185 Å². The van der Waals surface area contributed by atoms with E-state index in [9.17, 15) is 4.79 Å². The average Bonchev–Trinajstić information content (AvgIpc) is 3.24. The van der Waals surface area contributed by atoms with Gasteiger partial charge in [0.05, 0.1) is 27.1 Å². The minimum atomic E-state index is -0.0866. The van der Waals surface area contributed by atoms with Gasteiger partial charge in [0.1, 0.15) is 5.75 Å². The summed E-state index contributed by atoms with van der Waals surface area (Å²) in [6, 6.07) is 13.2. The second-order valence-electron chi connectivity index (χ2n) is 6.53. The van der Waals surface area contributed by atoms with Crippen LogP contribution in [-0.4, -0.2) is 47.8 Å². The molecule has 164 valence electrons. The van der Waals surface area contributed by atoms with Gasteiger partial charge in [-0.3, -0.25) is 4.79 Å². The Hall–Kier alpha value is -3.20. The van der Waals surface area contributed by atoms with Crippen molar-refractivity contribution in [2.45, 2.75) is 25.2 Å². The molecular weight excluding hydrogens is 416 g/mol. The van der Waals surface area contributed by atoms with Crippen molar-refractivity contribution in [2.24, 2.45) is 0 Å². The largest absolute Gasteiger partial charge is 0.497 e. The highest BCUT2D eigenvalue weighted by Gasteiger charge is 2.15. The molecule has 0 fully saturated rings. The predicted molar refractivity (Wildman–Crippen MR) is 120 cm³/mol. The molecule has 0 aliphatic heterocycles. The van der Waals surface area contributed by atoms with Crippen molar-refractivity contribution in [3.8, 4) is 28.6 Å². The maximum atomic E-state index is 12.4. The second kappa shape index (κ2) is 10.7. The van der Waals surface area contributed by atoms with Crippen LogP contribution in [0.25, 0.3) is 11.4 Å². The van der Waals surface area contributed by atoms with E-state index in [0.29, 0.717) is 29.7 Å². The number of thioether (sulfide) groups is 1. The zero-order chi connectivity index (χ0) is 22.2. The van der Waals surface area contributed by atoms with Gasteiger partial charge in [-0.2, -0.15) is 0 Å². The van der Waals surface area contributed by atoms with Gasteiger partial charge in [-0.25, -0.2) is 0 Å². The first kappa shape index (κ1) is 22.5. The molecule has 1 amide bonds. The molecule has 0 radical (unpaired) electrons. The molecule has 0 saturated heterocycles. The van der Waals surface area contributed by atoms with Crippen LogP contribution in [0.3, 0.4) is 0 Å². The molecule has 3 aromatic rings. The minimum absolute atomic E-state index is 0.0866. The number of benzene rings is 2. The van der Waals surface area contributed by atoms with Crippen LogP contribution in [0.15, 0.2) is 47.6 Å². The summed E-state index contributed by atoms with van der Waals surface area (Å²) in [4.78, 5) is 12.4. The van der Waals surface area contributed by atoms with Gasteiger partial charge in [-0.1, -0.05) is 17.8 Å². The molecule has 0 spiro atoms. The summed E-state index contributed by atoms with van der Waals surface area (Å²) in [5.41, 5.74) is 1.87. The van der Waals surface area contributed by atoms with E-state index < -0.39 is 0 Å².